The average molecular weight is 344 g/mol. The SMILES string of the molecule is Cc1ncn(C)c1C(=O)NC1CCC(C)N(c2nnc(C3CC3)o2)C1. The molecule has 1 aliphatic heterocycles. The standard InChI is InChI=1S/C17H24N6O2/c1-10-4-7-13(19-15(24)14-11(2)18-9-22(14)3)8-23(10)17-21-20-16(25-17)12-5-6-12/h9-10,12-13H,4-8H2,1-3H3,(H,19,24). The van der Waals surface area contributed by atoms with Crippen molar-refractivity contribution in [3.8, 4) is 0 Å². The minimum Gasteiger partial charge on any atom is -0.408 e. The highest BCUT2D eigenvalue weighted by Crippen LogP contribution is 2.40. The van der Waals surface area contributed by atoms with Crippen LogP contribution in [-0.4, -0.2) is 44.3 Å². The van der Waals surface area contributed by atoms with Gasteiger partial charge in [-0.25, -0.2) is 4.98 Å². The molecule has 2 aliphatic rings. The van der Waals surface area contributed by atoms with E-state index in [1.165, 1.54) is 0 Å². The maximum absolute atomic E-state index is 12.6. The number of hydrogen-bond acceptors (Lipinski definition) is 6. The van der Waals surface area contributed by atoms with Crippen molar-refractivity contribution in [2.24, 2.45) is 7.05 Å². The van der Waals surface area contributed by atoms with E-state index in [4.69, 9.17) is 4.42 Å². The van der Waals surface area contributed by atoms with Gasteiger partial charge in [-0.15, -0.1) is 5.10 Å². The summed E-state index contributed by atoms with van der Waals surface area (Å²) in [7, 11) is 1.84. The van der Waals surface area contributed by atoms with Crippen molar-refractivity contribution < 1.29 is 9.21 Å². The van der Waals surface area contributed by atoms with Crippen molar-refractivity contribution >= 4 is 11.9 Å². The number of anilines is 1. The summed E-state index contributed by atoms with van der Waals surface area (Å²) in [6.07, 6.45) is 5.84. The summed E-state index contributed by atoms with van der Waals surface area (Å²) < 4.78 is 7.62. The predicted molar refractivity (Wildman–Crippen MR) is 91.5 cm³/mol. The number of aryl methyl sites for hydroxylation is 2. The van der Waals surface area contributed by atoms with Crippen LogP contribution in [0.3, 0.4) is 0 Å². The summed E-state index contributed by atoms with van der Waals surface area (Å²) in [6, 6.07) is 0.943. The van der Waals surface area contributed by atoms with E-state index in [1.807, 2.05) is 14.0 Å². The normalized spacial score (nSPS) is 23.7. The first-order valence-electron chi connectivity index (χ1n) is 8.91. The first kappa shape index (κ1) is 16.1. The Morgan fingerprint density at radius 2 is 2.08 bits per heavy atom. The van der Waals surface area contributed by atoms with Gasteiger partial charge in [-0.3, -0.25) is 4.79 Å². The van der Waals surface area contributed by atoms with Gasteiger partial charge in [-0.2, -0.15) is 0 Å². The molecule has 3 heterocycles. The van der Waals surface area contributed by atoms with Gasteiger partial charge in [-0.05, 0) is 39.5 Å². The molecule has 25 heavy (non-hydrogen) atoms. The number of amides is 1. The number of carbonyl (C=O) groups is 1. The highest BCUT2D eigenvalue weighted by molar-refractivity contribution is 5.93. The Kier molecular flexibility index (Phi) is 3.97. The van der Waals surface area contributed by atoms with Crippen LogP contribution in [0.15, 0.2) is 10.7 Å². The molecular formula is C17H24N6O2. The lowest BCUT2D eigenvalue weighted by Gasteiger charge is -2.37. The summed E-state index contributed by atoms with van der Waals surface area (Å²) in [5, 5.41) is 11.5. The van der Waals surface area contributed by atoms with Gasteiger partial charge in [0, 0.05) is 31.6 Å². The number of rotatable bonds is 4. The van der Waals surface area contributed by atoms with Crippen molar-refractivity contribution in [1.82, 2.24) is 25.1 Å². The topological polar surface area (TPSA) is 89.1 Å². The molecule has 8 heteroatoms. The highest BCUT2D eigenvalue weighted by atomic mass is 16.4. The number of imidazole rings is 1. The molecule has 0 aromatic carbocycles. The second kappa shape index (κ2) is 6.16. The van der Waals surface area contributed by atoms with Gasteiger partial charge in [0.15, 0.2) is 0 Å². The molecule has 0 bridgehead atoms. The van der Waals surface area contributed by atoms with Crippen LogP contribution in [-0.2, 0) is 7.05 Å². The smallest absolute Gasteiger partial charge is 0.318 e. The number of hydrogen-bond donors (Lipinski definition) is 1. The van der Waals surface area contributed by atoms with Crippen molar-refractivity contribution in [3.63, 3.8) is 0 Å². The lowest BCUT2D eigenvalue weighted by atomic mass is 9.99. The van der Waals surface area contributed by atoms with Crippen LogP contribution >= 0.6 is 0 Å². The highest BCUT2D eigenvalue weighted by Gasteiger charge is 2.33. The molecule has 1 amide bonds. The van der Waals surface area contributed by atoms with Crippen LogP contribution in [0.25, 0.3) is 0 Å². The third kappa shape index (κ3) is 3.12. The Balaban J connectivity index is 1.45. The fourth-order valence-corrected chi connectivity index (χ4v) is 3.45. The molecule has 1 aliphatic carbocycles. The van der Waals surface area contributed by atoms with Gasteiger partial charge in [0.2, 0.25) is 5.89 Å². The van der Waals surface area contributed by atoms with Gasteiger partial charge in [0.1, 0.15) is 5.69 Å². The Morgan fingerprint density at radius 1 is 1.28 bits per heavy atom. The molecule has 0 spiro atoms. The van der Waals surface area contributed by atoms with Crippen LogP contribution in [0.2, 0.25) is 0 Å². The fraction of sp³-hybridized carbons (Fsp3) is 0.647. The fourth-order valence-electron chi connectivity index (χ4n) is 3.45. The van der Waals surface area contributed by atoms with Gasteiger partial charge >= 0.3 is 6.01 Å². The monoisotopic (exact) mass is 344 g/mol. The first-order chi connectivity index (χ1) is 12.0. The summed E-state index contributed by atoms with van der Waals surface area (Å²) in [6.45, 7) is 4.68. The molecule has 2 atom stereocenters. The van der Waals surface area contributed by atoms with Crippen LogP contribution in [0.1, 0.15) is 60.6 Å². The molecular weight excluding hydrogens is 320 g/mol. The third-order valence-corrected chi connectivity index (χ3v) is 5.15. The van der Waals surface area contributed by atoms with E-state index in [0.717, 1.165) is 37.3 Å². The Hall–Kier alpha value is -2.38. The second-order valence-electron chi connectivity index (χ2n) is 7.24. The van der Waals surface area contributed by atoms with E-state index in [9.17, 15) is 4.79 Å². The molecule has 2 fully saturated rings. The van der Waals surface area contributed by atoms with E-state index >= 15 is 0 Å². The Morgan fingerprint density at radius 3 is 2.76 bits per heavy atom. The molecule has 0 radical (unpaired) electrons. The number of carbonyl (C=O) groups excluding carboxylic acids is 1. The number of nitrogens with zero attached hydrogens (tertiary/aromatic N) is 5. The molecule has 134 valence electrons. The average Bonchev–Trinajstić information content (AvgIpc) is 3.22. The number of piperidine rings is 1. The van der Waals surface area contributed by atoms with E-state index in [1.54, 1.807) is 10.9 Å². The second-order valence-corrected chi connectivity index (χ2v) is 7.24. The van der Waals surface area contributed by atoms with Gasteiger partial charge < -0.3 is 19.2 Å². The molecule has 1 saturated heterocycles. The molecule has 2 aromatic heterocycles. The molecule has 4 rings (SSSR count). The van der Waals surface area contributed by atoms with Gasteiger partial charge in [0.25, 0.3) is 5.91 Å². The van der Waals surface area contributed by atoms with Crippen molar-refractivity contribution in [2.45, 2.75) is 57.5 Å². The molecule has 1 saturated carbocycles. The summed E-state index contributed by atoms with van der Waals surface area (Å²) in [4.78, 5) is 18.9. The van der Waals surface area contributed by atoms with E-state index < -0.39 is 0 Å². The zero-order valence-electron chi connectivity index (χ0n) is 14.9. The summed E-state index contributed by atoms with van der Waals surface area (Å²) in [5.74, 6) is 1.12. The van der Waals surface area contributed by atoms with Gasteiger partial charge in [-0.1, -0.05) is 5.10 Å². The first-order valence-corrected chi connectivity index (χ1v) is 8.91. The van der Waals surface area contributed by atoms with Crippen molar-refractivity contribution in [2.75, 3.05) is 11.4 Å². The Labute approximate surface area is 146 Å². The van der Waals surface area contributed by atoms with E-state index in [-0.39, 0.29) is 11.9 Å². The zero-order valence-corrected chi connectivity index (χ0v) is 14.9. The van der Waals surface area contributed by atoms with E-state index in [0.29, 0.717) is 30.2 Å². The van der Waals surface area contributed by atoms with Gasteiger partial charge in [0.05, 0.1) is 12.0 Å². The van der Waals surface area contributed by atoms with Crippen molar-refractivity contribution in [1.29, 1.82) is 0 Å². The largest absolute Gasteiger partial charge is 0.408 e. The van der Waals surface area contributed by atoms with E-state index in [2.05, 4.69) is 32.3 Å². The number of nitrogens with one attached hydrogen (secondary N) is 1. The molecule has 8 nitrogen and oxygen atoms in total. The minimum atomic E-state index is -0.0822. The van der Waals surface area contributed by atoms with Crippen molar-refractivity contribution in [3.05, 3.63) is 23.6 Å². The lowest BCUT2D eigenvalue weighted by molar-refractivity contribution is 0.0921. The van der Waals surface area contributed by atoms with Crippen LogP contribution in [0.5, 0.6) is 0 Å². The summed E-state index contributed by atoms with van der Waals surface area (Å²) >= 11 is 0. The molecule has 2 unspecified atom stereocenters. The zero-order chi connectivity index (χ0) is 17.6. The maximum Gasteiger partial charge on any atom is 0.318 e. The van der Waals surface area contributed by atoms with Crippen LogP contribution in [0, 0.1) is 6.92 Å². The quantitative estimate of drug-likeness (QED) is 0.909. The molecule has 2 aromatic rings. The maximum atomic E-state index is 12.6. The molecule has 1 N–H and O–H groups in total. The van der Waals surface area contributed by atoms with Crippen LogP contribution in [0.4, 0.5) is 6.01 Å². The Bertz CT molecular complexity index is 758. The predicted octanol–water partition coefficient (Wildman–Crippen LogP) is 1.78. The number of aromatic nitrogens is 4. The summed E-state index contributed by atoms with van der Waals surface area (Å²) in [5.41, 5.74) is 1.35. The minimum absolute atomic E-state index is 0.0503. The van der Waals surface area contributed by atoms with Crippen LogP contribution < -0.4 is 10.2 Å². The third-order valence-electron chi connectivity index (χ3n) is 5.15. The lowest BCUT2D eigenvalue weighted by Crippen LogP contribution is -2.51.